The van der Waals surface area contributed by atoms with E-state index in [0.717, 1.165) is 45.3 Å². The van der Waals surface area contributed by atoms with E-state index >= 15 is 0 Å². The largest absolute Gasteiger partial charge is 0.328 e. The van der Waals surface area contributed by atoms with E-state index in [0.29, 0.717) is 18.2 Å². The number of allylic oxidation sites excluding steroid dienone is 2. The second kappa shape index (κ2) is 6.71. The van der Waals surface area contributed by atoms with E-state index in [-0.39, 0.29) is 11.8 Å². The van der Waals surface area contributed by atoms with Crippen LogP contribution in [0.3, 0.4) is 0 Å². The molecule has 5 rings (SSSR count). The molecule has 0 fully saturated rings. The van der Waals surface area contributed by atoms with E-state index in [1.54, 1.807) is 0 Å². The van der Waals surface area contributed by atoms with Crippen LogP contribution in [0.5, 0.6) is 0 Å². The van der Waals surface area contributed by atoms with Crippen LogP contribution in [0.2, 0.25) is 0 Å². The van der Waals surface area contributed by atoms with Crippen LogP contribution < -0.4 is 5.32 Å². The van der Waals surface area contributed by atoms with E-state index in [2.05, 4.69) is 40.3 Å². The van der Waals surface area contributed by atoms with Crippen molar-refractivity contribution in [1.82, 2.24) is 14.8 Å². The number of halogens is 1. The predicted molar refractivity (Wildman–Crippen MR) is 112 cm³/mol. The molecule has 28 heavy (non-hydrogen) atoms. The van der Waals surface area contributed by atoms with Gasteiger partial charge < -0.3 is 5.32 Å². The van der Waals surface area contributed by atoms with Crippen LogP contribution in [-0.2, 0) is 4.79 Å². The summed E-state index contributed by atoms with van der Waals surface area (Å²) in [6.07, 6.45) is 2.32. The van der Waals surface area contributed by atoms with Crippen molar-refractivity contribution in [2.75, 3.05) is 5.32 Å². The van der Waals surface area contributed by atoms with Gasteiger partial charge in [0.25, 0.3) is 0 Å². The number of carbonyl (C=O) groups is 1. The van der Waals surface area contributed by atoms with Gasteiger partial charge >= 0.3 is 0 Å². The van der Waals surface area contributed by atoms with Gasteiger partial charge in [0.05, 0.1) is 0 Å². The number of hydrogen-bond donors (Lipinski definition) is 1. The quantitative estimate of drug-likeness (QED) is 0.613. The van der Waals surface area contributed by atoms with Gasteiger partial charge in [0.2, 0.25) is 5.95 Å². The fourth-order valence-corrected chi connectivity index (χ4v) is 4.28. The second-order valence-corrected chi connectivity index (χ2v) is 8.24. The Morgan fingerprint density at radius 1 is 1.14 bits per heavy atom. The van der Waals surface area contributed by atoms with Gasteiger partial charge in [0.1, 0.15) is 6.04 Å². The molecular weight excluding hydrogens is 416 g/mol. The number of aromatic nitrogens is 3. The fraction of sp³-hybridized carbons (Fsp3) is 0.227. The van der Waals surface area contributed by atoms with E-state index in [1.165, 1.54) is 0 Å². The van der Waals surface area contributed by atoms with Crippen LogP contribution in [0.25, 0.3) is 11.4 Å². The third-order valence-electron chi connectivity index (χ3n) is 5.33. The molecule has 2 heterocycles. The zero-order chi connectivity index (χ0) is 19.3. The zero-order valence-corrected chi connectivity index (χ0v) is 17.0. The summed E-state index contributed by atoms with van der Waals surface area (Å²) >= 11 is 3.50. The minimum atomic E-state index is -0.252. The SMILES string of the molecule is Cc1cccc(-c2nc3n(n2)C(c2ccc(Br)cc2)C2=C(CCCC2=O)N3)c1. The van der Waals surface area contributed by atoms with Crippen LogP contribution in [0.4, 0.5) is 5.95 Å². The summed E-state index contributed by atoms with van der Waals surface area (Å²) in [6, 6.07) is 16.0. The number of nitrogens with zero attached hydrogens (tertiary/aromatic N) is 3. The van der Waals surface area contributed by atoms with Gasteiger partial charge in [-0.2, -0.15) is 4.98 Å². The molecule has 2 aromatic carbocycles. The lowest BCUT2D eigenvalue weighted by molar-refractivity contribution is -0.116. The lowest BCUT2D eigenvalue weighted by Crippen LogP contribution is -2.31. The van der Waals surface area contributed by atoms with Crippen LogP contribution in [0.1, 0.15) is 36.4 Å². The molecule has 1 aliphatic heterocycles. The Kier molecular flexibility index (Phi) is 4.16. The Balaban J connectivity index is 1.68. The standard InChI is InChI=1S/C22H19BrN4O/c1-13-4-2-5-15(12-13)21-25-22-24-17-6-3-7-18(28)19(17)20(27(22)26-21)14-8-10-16(23)11-9-14/h2,4-5,8-12,20H,3,6-7H2,1H3,(H,24,25,26). The summed E-state index contributed by atoms with van der Waals surface area (Å²) in [4.78, 5) is 17.6. The monoisotopic (exact) mass is 434 g/mol. The molecular formula is C22H19BrN4O. The maximum atomic E-state index is 12.8. The van der Waals surface area contributed by atoms with Gasteiger partial charge in [0, 0.05) is 27.7 Å². The number of nitrogens with one attached hydrogen (secondary N) is 1. The third-order valence-corrected chi connectivity index (χ3v) is 5.86. The highest BCUT2D eigenvalue weighted by molar-refractivity contribution is 9.10. The summed E-state index contributed by atoms with van der Waals surface area (Å²) < 4.78 is 2.87. The van der Waals surface area contributed by atoms with Gasteiger partial charge in [-0.1, -0.05) is 51.8 Å². The number of aryl methyl sites for hydroxylation is 1. The lowest BCUT2D eigenvalue weighted by Gasteiger charge is -2.32. The third kappa shape index (κ3) is 2.88. The number of carbonyl (C=O) groups excluding carboxylic acids is 1. The van der Waals surface area contributed by atoms with E-state index in [9.17, 15) is 4.79 Å². The van der Waals surface area contributed by atoms with Gasteiger partial charge in [0.15, 0.2) is 11.6 Å². The van der Waals surface area contributed by atoms with Crippen LogP contribution in [0, 0.1) is 6.92 Å². The van der Waals surface area contributed by atoms with Crippen LogP contribution in [-0.4, -0.2) is 20.5 Å². The summed E-state index contributed by atoms with van der Waals surface area (Å²) in [7, 11) is 0. The van der Waals surface area contributed by atoms with Crippen molar-refractivity contribution < 1.29 is 4.79 Å². The van der Waals surface area contributed by atoms with Gasteiger partial charge in [-0.25, -0.2) is 4.68 Å². The van der Waals surface area contributed by atoms with E-state index < -0.39 is 0 Å². The Morgan fingerprint density at radius 2 is 1.96 bits per heavy atom. The maximum Gasteiger partial charge on any atom is 0.226 e. The molecule has 1 aromatic heterocycles. The summed E-state index contributed by atoms with van der Waals surface area (Å²) in [5, 5.41) is 8.20. The number of ketones is 1. The number of anilines is 1. The smallest absolute Gasteiger partial charge is 0.226 e. The molecule has 1 aliphatic carbocycles. The Morgan fingerprint density at radius 3 is 2.75 bits per heavy atom. The first-order chi connectivity index (χ1) is 13.6. The van der Waals surface area contributed by atoms with Crippen molar-refractivity contribution >= 4 is 27.7 Å². The van der Waals surface area contributed by atoms with Gasteiger partial charge in [-0.3, -0.25) is 4.79 Å². The molecule has 5 nitrogen and oxygen atoms in total. The molecule has 0 saturated heterocycles. The number of fused-ring (bicyclic) bond motifs is 1. The highest BCUT2D eigenvalue weighted by Crippen LogP contribution is 2.40. The first kappa shape index (κ1) is 17.4. The van der Waals surface area contributed by atoms with Crippen molar-refractivity contribution in [3.63, 3.8) is 0 Å². The zero-order valence-electron chi connectivity index (χ0n) is 15.4. The Hall–Kier alpha value is -2.73. The number of Topliss-reactive ketones (excluding diaryl/α,β-unsaturated/α-hetero) is 1. The molecule has 0 spiro atoms. The lowest BCUT2D eigenvalue weighted by atomic mass is 9.85. The summed E-state index contributed by atoms with van der Waals surface area (Å²) in [6.45, 7) is 2.06. The first-order valence-corrected chi connectivity index (χ1v) is 10.2. The van der Waals surface area contributed by atoms with Crippen molar-refractivity contribution in [2.45, 2.75) is 32.2 Å². The topological polar surface area (TPSA) is 59.8 Å². The maximum absolute atomic E-state index is 12.8. The first-order valence-electron chi connectivity index (χ1n) is 9.42. The van der Waals surface area contributed by atoms with E-state index in [1.807, 2.05) is 41.1 Å². The molecule has 0 bridgehead atoms. The average molecular weight is 435 g/mol. The van der Waals surface area contributed by atoms with Crippen molar-refractivity contribution in [1.29, 1.82) is 0 Å². The molecule has 3 aromatic rings. The highest BCUT2D eigenvalue weighted by Gasteiger charge is 2.36. The molecule has 6 heteroatoms. The average Bonchev–Trinajstić information content (AvgIpc) is 3.11. The van der Waals surface area contributed by atoms with Crippen LogP contribution >= 0.6 is 15.9 Å². The normalized spacial score (nSPS) is 18.5. The number of hydrogen-bond acceptors (Lipinski definition) is 4. The minimum Gasteiger partial charge on any atom is -0.328 e. The molecule has 1 unspecified atom stereocenters. The Labute approximate surface area is 171 Å². The second-order valence-electron chi connectivity index (χ2n) is 7.32. The fourth-order valence-electron chi connectivity index (χ4n) is 4.02. The van der Waals surface area contributed by atoms with Crippen molar-refractivity contribution in [3.8, 4) is 11.4 Å². The number of benzene rings is 2. The molecule has 0 amide bonds. The Bertz CT molecular complexity index is 1110. The number of rotatable bonds is 2. The minimum absolute atomic E-state index is 0.194. The van der Waals surface area contributed by atoms with Crippen molar-refractivity contribution in [3.05, 3.63) is 75.4 Å². The molecule has 140 valence electrons. The van der Waals surface area contributed by atoms with E-state index in [4.69, 9.17) is 10.1 Å². The van der Waals surface area contributed by atoms with Gasteiger partial charge in [-0.15, -0.1) is 5.10 Å². The van der Waals surface area contributed by atoms with Gasteiger partial charge in [-0.05, 0) is 43.5 Å². The summed E-state index contributed by atoms with van der Waals surface area (Å²) in [5.41, 5.74) is 4.98. The van der Waals surface area contributed by atoms with Crippen molar-refractivity contribution in [2.24, 2.45) is 0 Å². The highest BCUT2D eigenvalue weighted by atomic mass is 79.9. The predicted octanol–water partition coefficient (Wildman–Crippen LogP) is 5.04. The molecule has 1 N–H and O–H groups in total. The summed E-state index contributed by atoms with van der Waals surface area (Å²) in [5.74, 6) is 1.55. The molecule has 2 aliphatic rings. The van der Waals surface area contributed by atoms with Crippen LogP contribution in [0.15, 0.2) is 64.3 Å². The molecule has 0 saturated carbocycles. The molecule has 0 radical (unpaired) electrons. The molecule has 1 atom stereocenters.